The summed E-state index contributed by atoms with van der Waals surface area (Å²) in [5, 5.41) is 3.83. The quantitative estimate of drug-likeness (QED) is 0.490. The number of hydrogen-bond acceptors (Lipinski definition) is 5. The molecule has 0 fully saturated rings. The first kappa shape index (κ1) is 19.4. The van der Waals surface area contributed by atoms with Crippen molar-refractivity contribution in [2.24, 2.45) is 5.10 Å². The molecule has 0 aliphatic heterocycles. The van der Waals surface area contributed by atoms with Crippen LogP contribution in [0.25, 0.3) is 0 Å². The monoisotopic (exact) mass is 397 g/mol. The van der Waals surface area contributed by atoms with Gasteiger partial charge in [-0.05, 0) is 42.0 Å². The predicted octanol–water partition coefficient (Wildman–Crippen LogP) is 3.01. The number of carbonyl (C=O) groups is 1. The highest BCUT2D eigenvalue weighted by Gasteiger charge is 2.17. The van der Waals surface area contributed by atoms with Crippen LogP contribution in [-0.2, 0) is 16.6 Å². The Kier molecular flexibility index (Phi) is 5.90. The molecular weight excluding hydrogens is 378 g/mol. The van der Waals surface area contributed by atoms with Crippen LogP contribution in [0, 0.1) is 0 Å². The van der Waals surface area contributed by atoms with E-state index in [9.17, 15) is 13.2 Å². The van der Waals surface area contributed by atoms with Gasteiger partial charge in [0.25, 0.3) is 5.91 Å². The van der Waals surface area contributed by atoms with E-state index >= 15 is 0 Å². The fraction of sp³-hybridized carbons (Fsp3) is 0.100. The lowest BCUT2D eigenvalue weighted by atomic mass is 10.1. The molecule has 3 aromatic rings. The average molecular weight is 397 g/mol. The van der Waals surface area contributed by atoms with E-state index in [0.717, 1.165) is 5.56 Å². The van der Waals surface area contributed by atoms with Crippen molar-refractivity contribution in [1.29, 1.82) is 0 Å². The fourth-order valence-electron chi connectivity index (χ4n) is 2.51. The van der Waals surface area contributed by atoms with Gasteiger partial charge >= 0.3 is 0 Å². The molecule has 0 saturated carbocycles. The summed E-state index contributed by atoms with van der Waals surface area (Å²) in [6.45, 7) is 0.168. The van der Waals surface area contributed by atoms with Crippen LogP contribution in [0.3, 0.4) is 0 Å². The molecule has 0 atom stereocenters. The van der Waals surface area contributed by atoms with Gasteiger partial charge in [0.05, 0.1) is 31.0 Å². The third kappa shape index (κ3) is 5.08. The van der Waals surface area contributed by atoms with E-state index in [4.69, 9.17) is 4.42 Å². The topological polar surface area (TPSA) is 92.0 Å². The van der Waals surface area contributed by atoms with Crippen LogP contribution in [0.4, 0.5) is 5.69 Å². The predicted molar refractivity (Wildman–Crippen MR) is 108 cm³/mol. The van der Waals surface area contributed by atoms with Crippen LogP contribution < -0.4 is 9.73 Å². The first-order valence-corrected chi connectivity index (χ1v) is 10.3. The number of hydrazone groups is 1. The van der Waals surface area contributed by atoms with Gasteiger partial charge in [-0.25, -0.2) is 13.8 Å². The van der Waals surface area contributed by atoms with Crippen LogP contribution in [0.5, 0.6) is 0 Å². The number of rotatable bonds is 7. The molecule has 0 aliphatic rings. The zero-order valence-electron chi connectivity index (χ0n) is 15.1. The van der Waals surface area contributed by atoms with Gasteiger partial charge in [0.15, 0.2) is 0 Å². The number of sulfonamides is 1. The smallest absolute Gasteiger partial charge is 0.271 e. The number of anilines is 1. The molecule has 0 bridgehead atoms. The van der Waals surface area contributed by atoms with Crippen molar-refractivity contribution in [3.63, 3.8) is 0 Å². The lowest BCUT2D eigenvalue weighted by Crippen LogP contribution is -2.29. The number of para-hydroxylation sites is 1. The van der Waals surface area contributed by atoms with Crippen LogP contribution in [0.1, 0.15) is 21.7 Å². The third-order valence-corrected chi connectivity index (χ3v) is 5.03. The maximum atomic E-state index is 12.2. The molecule has 144 valence electrons. The number of furan rings is 1. The van der Waals surface area contributed by atoms with E-state index in [2.05, 4.69) is 10.5 Å². The Labute approximate surface area is 163 Å². The Hall–Kier alpha value is -3.39. The number of nitrogens with one attached hydrogen (secondary N) is 1. The van der Waals surface area contributed by atoms with Gasteiger partial charge in [-0.3, -0.25) is 9.10 Å². The maximum Gasteiger partial charge on any atom is 0.271 e. The van der Waals surface area contributed by atoms with Gasteiger partial charge in [-0.2, -0.15) is 5.10 Å². The summed E-state index contributed by atoms with van der Waals surface area (Å²) in [5.74, 6) is 0.148. The summed E-state index contributed by atoms with van der Waals surface area (Å²) >= 11 is 0. The number of nitrogens with zero attached hydrogens (tertiary/aromatic N) is 2. The first-order chi connectivity index (χ1) is 13.4. The Bertz CT molecular complexity index is 1040. The van der Waals surface area contributed by atoms with E-state index in [-0.39, 0.29) is 12.5 Å². The molecule has 0 aliphatic carbocycles. The van der Waals surface area contributed by atoms with Gasteiger partial charge in [0, 0.05) is 5.56 Å². The number of carbonyl (C=O) groups excluding carboxylic acids is 1. The van der Waals surface area contributed by atoms with Gasteiger partial charge in [0.1, 0.15) is 5.76 Å². The number of hydrogen-bond donors (Lipinski definition) is 1. The van der Waals surface area contributed by atoms with Crippen LogP contribution >= 0.6 is 0 Å². The van der Waals surface area contributed by atoms with E-state index in [0.29, 0.717) is 17.0 Å². The highest BCUT2D eigenvalue weighted by molar-refractivity contribution is 7.92. The van der Waals surface area contributed by atoms with Crippen molar-refractivity contribution in [3.8, 4) is 0 Å². The summed E-state index contributed by atoms with van der Waals surface area (Å²) in [7, 11) is -3.45. The number of amides is 1. The minimum atomic E-state index is -3.45. The fourth-order valence-corrected chi connectivity index (χ4v) is 3.39. The average Bonchev–Trinajstić information content (AvgIpc) is 3.20. The Morgan fingerprint density at radius 1 is 1.07 bits per heavy atom. The Morgan fingerprint density at radius 3 is 2.39 bits per heavy atom. The molecular formula is C20H19N3O4S. The molecule has 2 aromatic carbocycles. The largest absolute Gasteiger partial charge is 0.463 e. The SMILES string of the molecule is CS(=O)(=O)N(Cc1ccc(C(=O)N/N=C\c2ccco2)cc1)c1ccccc1. The summed E-state index contributed by atoms with van der Waals surface area (Å²) in [6, 6.07) is 19.0. The lowest BCUT2D eigenvalue weighted by Gasteiger charge is -2.22. The molecule has 1 amide bonds. The molecule has 3 rings (SSSR count). The molecule has 28 heavy (non-hydrogen) atoms. The molecule has 0 saturated heterocycles. The van der Waals surface area contributed by atoms with Crippen molar-refractivity contribution in [2.75, 3.05) is 10.6 Å². The molecule has 0 radical (unpaired) electrons. The molecule has 8 heteroatoms. The van der Waals surface area contributed by atoms with Crippen LogP contribution in [0.15, 0.2) is 82.5 Å². The van der Waals surface area contributed by atoms with Gasteiger partial charge < -0.3 is 4.42 Å². The molecule has 1 N–H and O–H groups in total. The highest BCUT2D eigenvalue weighted by atomic mass is 32.2. The van der Waals surface area contributed by atoms with Crippen molar-refractivity contribution < 1.29 is 17.6 Å². The lowest BCUT2D eigenvalue weighted by molar-refractivity contribution is 0.0955. The summed E-state index contributed by atoms with van der Waals surface area (Å²) in [5.41, 5.74) is 4.16. The van der Waals surface area contributed by atoms with Gasteiger partial charge in [-0.1, -0.05) is 30.3 Å². The number of benzene rings is 2. The van der Waals surface area contributed by atoms with Crippen molar-refractivity contribution in [1.82, 2.24) is 5.43 Å². The van der Waals surface area contributed by atoms with Gasteiger partial charge in [0.2, 0.25) is 10.0 Å². The third-order valence-electron chi connectivity index (χ3n) is 3.89. The minimum absolute atomic E-state index is 0.168. The second kappa shape index (κ2) is 8.53. The zero-order chi connectivity index (χ0) is 20.0. The van der Waals surface area contributed by atoms with Crippen molar-refractivity contribution in [2.45, 2.75) is 6.54 Å². The van der Waals surface area contributed by atoms with Crippen LogP contribution in [-0.4, -0.2) is 26.8 Å². The van der Waals surface area contributed by atoms with E-state index in [1.54, 1.807) is 60.7 Å². The van der Waals surface area contributed by atoms with E-state index in [1.807, 2.05) is 6.07 Å². The zero-order valence-corrected chi connectivity index (χ0v) is 16.0. The van der Waals surface area contributed by atoms with E-state index in [1.165, 1.54) is 23.0 Å². The summed E-state index contributed by atoms with van der Waals surface area (Å²) in [4.78, 5) is 12.1. The van der Waals surface area contributed by atoms with E-state index < -0.39 is 10.0 Å². The molecule has 0 spiro atoms. The van der Waals surface area contributed by atoms with Crippen molar-refractivity contribution in [3.05, 3.63) is 89.9 Å². The Balaban J connectivity index is 1.68. The molecule has 7 nitrogen and oxygen atoms in total. The molecule has 0 unspecified atom stereocenters. The molecule has 1 aromatic heterocycles. The van der Waals surface area contributed by atoms with Crippen molar-refractivity contribution >= 4 is 27.8 Å². The molecule has 1 heterocycles. The second-order valence-corrected chi connectivity index (χ2v) is 7.92. The highest BCUT2D eigenvalue weighted by Crippen LogP contribution is 2.20. The minimum Gasteiger partial charge on any atom is -0.463 e. The summed E-state index contributed by atoms with van der Waals surface area (Å²) in [6.07, 6.45) is 4.08. The normalized spacial score (nSPS) is 11.5. The van der Waals surface area contributed by atoms with Crippen LogP contribution in [0.2, 0.25) is 0 Å². The van der Waals surface area contributed by atoms with Gasteiger partial charge in [-0.15, -0.1) is 0 Å². The standard InChI is InChI=1S/C20H19N3O4S/c1-28(25,26)23(18-6-3-2-4-7-18)15-16-9-11-17(12-10-16)20(24)22-21-14-19-8-5-13-27-19/h2-14H,15H2,1H3,(H,22,24)/b21-14-. The Morgan fingerprint density at radius 2 is 1.79 bits per heavy atom. The summed E-state index contributed by atoms with van der Waals surface area (Å²) < 4.78 is 30.7. The first-order valence-electron chi connectivity index (χ1n) is 8.42. The maximum absolute atomic E-state index is 12.2. The second-order valence-electron chi connectivity index (χ2n) is 6.02.